The third kappa shape index (κ3) is 4.93. The van der Waals surface area contributed by atoms with E-state index in [4.69, 9.17) is 4.74 Å². The zero-order chi connectivity index (χ0) is 18.5. The molecule has 7 heteroatoms. The van der Waals surface area contributed by atoms with Gasteiger partial charge in [0.2, 0.25) is 5.88 Å². The van der Waals surface area contributed by atoms with Crippen LogP contribution in [0.1, 0.15) is 35.8 Å². The number of piperidine rings is 1. The van der Waals surface area contributed by atoms with Gasteiger partial charge >= 0.3 is 0 Å². The number of ether oxygens (including phenoxy) is 1. The van der Waals surface area contributed by atoms with Crippen molar-refractivity contribution in [2.45, 2.75) is 45.9 Å². The summed E-state index contributed by atoms with van der Waals surface area (Å²) in [6.45, 7) is 6.95. The van der Waals surface area contributed by atoms with Crippen molar-refractivity contribution in [2.24, 2.45) is 5.92 Å². The number of anilines is 1. The average Bonchev–Trinajstić information content (AvgIpc) is 3.03. The van der Waals surface area contributed by atoms with Gasteiger partial charge in [-0.05, 0) is 57.2 Å². The zero-order valence-electron chi connectivity index (χ0n) is 15.7. The van der Waals surface area contributed by atoms with Gasteiger partial charge in [0.25, 0.3) is 0 Å². The molecule has 1 saturated heterocycles. The van der Waals surface area contributed by atoms with Gasteiger partial charge in [-0.2, -0.15) is 0 Å². The molecule has 0 saturated carbocycles. The molecule has 0 amide bonds. The summed E-state index contributed by atoms with van der Waals surface area (Å²) in [5.41, 5.74) is 2.49. The van der Waals surface area contributed by atoms with Gasteiger partial charge in [-0.15, -0.1) is 11.3 Å². The molecule has 0 aliphatic carbocycles. The highest BCUT2D eigenvalue weighted by molar-refractivity contribution is 7.15. The maximum absolute atomic E-state index is 9.40. The Hall–Kier alpha value is -1.70. The van der Waals surface area contributed by atoms with Crippen LogP contribution < -0.4 is 10.1 Å². The lowest BCUT2D eigenvalue weighted by atomic mass is 9.90. The minimum atomic E-state index is -0.575. The number of nitrogens with one attached hydrogen (secondary N) is 1. The topological polar surface area (TPSA) is 70.5 Å². The molecular weight excluding hydrogens is 348 g/mol. The summed E-state index contributed by atoms with van der Waals surface area (Å²) in [7, 11) is 1.68. The average molecular weight is 377 g/mol. The van der Waals surface area contributed by atoms with Crippen LogP contribution in [0.25, 0.3) is 0 Å². The predicted octanol–water partition coefficient (Wildman–Crippen LogP) is 3.06. The third-order valence-corrected chi connectivity index (χ3v) is 5.75. The number of hydrogen-bond acceptors (Lipinski definition) is 7. The number of rotatable bonds is 7. The van der Waals surface area contributed by atoms with E-state index in [1.54, 1.807) is 25.4 Å². The molecule has 0 spiro atoms. The number of hydrogen-bond donors (Lipinski definition) is 2. The summed E-state index contributed by atoms with van der Waals surface area (Å²) in [5, 5.41) is 13.1. The molecule has 2 aromatic heterocycles. The Kier molecular flexibility index (Phi) is 6.45. The van der Waals surface area contributed by atoms with Crippen molar-refractivity contribution in [1.82, 2.24) is 14.9 Å². The van der Waals surface area contributed by atoms with Gasteiger partial charge in [-0.25, -0.2) is 9.97 Å². The third-order valence-electron chi connectivity index (χ3n) is 4.84. The molecule has 3 rings (SSSR count). The first kappa shape index (κ1) is 19.1. The Bertz CT molecular complexity index is 719. The molecule has 1 aliphatic rings. The van der Waals surface area contributed by atoms with Gasteiger partial charge in [0, 0.05) is 35.9 Å². The van der Waals surface area contributed by atoms with Crippen LogP contribution in [0.15, 0.2) is 18.5 Å². The molecule has 1 fully saturated rings. The standard InChI is InChI=1S/C19H28N4O2S/c1-13-16(6-7-20-18(13)25-3)9-15-5-4-8-23(11-15)12-17-10-21-19(26-17)22-14(2)24/h6-7,10,14-15,24H,4-5,8-9,11-12H2,1-3H3,(H,21,22). The minimum Gasteiger partial charge on any atom is -0.481 e. The van der Waals surface area contributed by atoms with E-state index in [1.165, 1.54) is 23.3 Å². The second-order valence-corrected chi connectivity index (χ2v) is 8.12. The first-order valence-electron chi connectivity index (χ1n) is 9.15. The first-order chi connectivity index (χ1) is 12.5. The molecule has 2 aromatic rings. The van der Waals surface area contributed by atoms with Crippen molar-refractivity contribution in [3.63, 3.8) is 0 Å². The Morgan fingerprint density at radius 2 is 2.31 bits per heavy atom. The molecule has 2 unspecified atom stereocenters. The van der Waals surface area contributed by atoms with Gasteiger partial charge < -0.3 is 15.2 Å². The van der Waals surface area contributed by atoms with Crippen molar-refractivity contribution in [3.05, 3.63) is 34.5 Å². The Balaban J connectivity index is 1.58. The second kappa shape index (κ2) is 8.79. The number of thiazole rings is 1. The van der Waals surface area contributed by atoms with Crippen molar-refractivity contribution in [3.8, 4) is 5.88 Å². The van der Waals surface area contributed by atoms with Crippen LogP contribution in [-0.4, -0.2) is 46.4 Å². The number of likely N-dealkylation sites (tertiary alicyclic amines) is 1. The lowest BCUT2D eigenvalue weighted by Crippen LogP contribution is -2.35. The van der Waals surface area contributed by atoms with Crippen LogP contribution in [0.5, 0.6) is 5.88 Å². The number of nitrogens with zero attached hydrogens (tertiary/aromatic N) is 3. The van der Waals surface area contributed by atoms with Crippen molar-refractivity contribution < 1.29 is 9.84 Å². The highest BCUT2D eigenvalue weighted by Gasteiger charge is 2.22. The summed E-state index contributed by atoms with van der Waals surface area (Å²) >= 11 is 1.62. The maximum atomic E-state index is 9.40. The predicted molar refractivity (Wildman–Crippen MR) is 105 cm³/mol. The first-order valence-corrected chi connectivity index (χ1v) is 9.97. The van der Waals surface area contributed by atoms with Crippen LogP contribution in [-0.2, 0) is 13.0 Å². The Labute approximate surface area is 159 Å². The highest BCUT2D eigenvalue weighted by Crippen LogP contribution is 2.27. The van der Waals surface area contributed by atoms with Crippen LogP contribution >= 0.6 is 11.3 Å². The number of pyridine rings is 1. The number of aliphatic hydroxyl groups is 1. The Morgan fingerprint density at radius 1 is 1.46 bits per heavy atom. The quantitative estimate of drug-likeness (QED) is 0.724. The fourth-order valence-corrected chi connectivity index (χ4v) is 4.54. The molecule has 6 nitrogen and oxygen atoms in total. The van der Waals surface area contributed by atoms with E-state index < -0.39 is 6.23 Å². The molecule has 2 N–H and O–H groups in total. The van der Waals surface area contributed by atoms with Crippen molar-refractivity contribution >= 4 is 16.5 Å². The molecule has 26 heavy (non-hydrogen) atoms. The minimum absolute atomic E-state index is 0.575. The van der Waals surface area contributed by atoms with Gasteiger partial charge in [-0.3, -0.25) is 4.90 Å². The van der Waals surface area contributed by atoms with E-state index in [-0.39, 0.29) is 0 Å². The van der Waals surface area contributed by atoms with Crippen molar-refractivity contribution in [1.29, 1.82) is 0 Å². The number of aromatic nitrogens is 2. The fourth-order valence-electron chi connectivity index (χ4n) is 3.60. The monoisotopic (exact) mass is 376 g/mol. The molecule has 3 heterocycles. The summed E-state index contributed by atoms with van der Waals surface area (Å²) < 4.78 is 5.35. The van der Waals surface area contributed by atoms with Crippen molar-refractivity contribution in [2.75, 3.05) is 25.5 Å². The maximum Gasteiger partial charge on any atom is 0.216 e. The molecule has 2 atom stereocenters. The van der Waals surface area contributed by atoms with E-state index in [1.807, 2.05) is 12.4 Å². The molecule has 0 bridgehead atoms. The molecule has 0 radical (unpaired) electrons. The summed E-state index contributed by atoms with van der Waals surface area (Å²) in [6, 6.07) is 2.12. The normalized spacial score (nSPS) is 19.3. The lowest BCUT2D eigenvalue weighted by molar-refractivity contribution is 0.168. The molecule has 1 aliphatic heterocycles. The summed E-state index contributed by atoms with van der Waals surface area (Å²) in [4.78, 5) is 12.4. The smallest absolute Gasteiger partial charge is 0.216 e. The summed E-state index contributed by atoms with van der Waals surface area (Å²) in [6.07, 6.45) is 6.74. The molecule has 0 aromatic carbocycles. The van der Waals surface area contributed by atoms with E-state index in [2.05, 4.69) is 33.2 Å². The molecule has 142 valence electrons. The van der Waals surface area contributed by atoms with Gasteiger partial charge in [0.1, 0.15) is 6.23 Å². The zero-order valence-corrected chi connectivity index (χ0v) is 16.6. The molecular formula is C19H28N4O2S. The number of methoxy groups -OCH3 is 1. The second-order valence-electron chi connectivity index (χ2n) is 7.00. The van der Waals surface area contributed by atoms with E-state index in [0.29, 0.717) is 5.92 Å². The van der Waals surface area contributed by atoms with Gasteiger partial charge in [0.05, 0.1) is 7.11 Å². The van der Waals surface area contributed by atoms with Crippen LogP contribution in [0.2, 0.25) is 0 Å². The number of aliphatic hydroxyl groups excluding tert-OH is 1. The SMILES string of the molecule is COc1nccc(CC2CCCN(Cc3cnc(NC(C)O)s3)C2)c1C. The van der Waals surface area contributed by atoms with Crippen LogP contribution in [0.4, 0.5) is 5.13 Å². The summed E-state index contributed by atoms with van der Waals surface area (Å²) in [5.74, 6) is 1.38. The Morgan fingerprint density at radius 3 is 3.08 bits per heavy atom. The van der Waals surface area contributed by atoms with Gasteiger partial charge in [-0.1, -0.05) is 0 Å². The van der Waals surface area contributed by atoms with Crippen LogP contribution in [0.3, 0.4) is 0 Å². The van der Waals surface area contributed by atoms with E-state index in [9.17, 15) is 5.11 Å². The fraction of sp³-hybridized carbons (Fsp3) is 0.579. The van der Waals surface area contributed by atoms with E-state index >= 15 is 0 Å². The lowest BCUT2D eigenvalue weighted by Gasteiger charge is -2.32. The van der Waals surface area contributed by atoms with E-state index in [0.717, 1.165) is 42.6 Å². The van der Waals surface area contributed by atoms with Crippen LogP contribution in [0, 0.1) is 12.8 Å². The van der Waals surface area contributed by atoms with Gasteiger partial charge in [0.15, 0.2) is 5.13 Å². The highest BCUT2D eigenvalue weighted by atomic mass is 32.1. The largest absolute Gasteiger partial charge is 0.481 e.